The van der Waals surface area contributed by atoms with Crippen LogP contribution in [0.3, 0.4) is 0 Å². The molecule has 0 saturated carbocycles. The summed E-state index contributed by atoms with van der Waals surface area (Å²) in [4.78, 5) is 24.7. The summed E-state index contributed by atoms with van der Waals surface area (Å²) in [6.07, 6.45) is 1.32. The molecule has 2 unspecified atom stereocenters. The van der Waals surface area contributed by atoms with Gasteiger partial charge in [-0.15, -0.1) is 0 Å². The van der Waals surface area contributed by atoms with Crippen LogP contribution in [-0.2, 0) is 21.3 Å². The molecule has 1 aliphatic heterocycles. The summed E-state index contributed by atoms with van der Waals surface area (Å²) in [5.41, 5.74) is 4.23. The van der Waals surface area contributed by atoms with Gasteiger partial charge in [0.05, 0.1) is 39.6 Å². The van der Waals surface area contributed by atoms with Crippen molar-refractivity contribution >= 4 is 42.6 Å². The number of aryl methyl sites for hydroxylation is 2. The third kappa shape index (κ3) is 5.35. The number of hydrogen-bond acceptors (Lipinski definition) is 7. The van der Waals surface area contributed by atoms with Crippen molar-refractivity contribution in [3.05, 3.63) is 83.2 Å². The minimum atomic E-state index is -3.71. The average Bonchev–Trinajstić information content (AvgIpc) is 3.29. The second-order valence-corrected chi connectivity index (χ2v) is 12.7. The van der Waals surface area contributed by atoms with E-state index in [2.05, 4.69) is 18.0 Å². The number of rotatable bonds is 6. The van der Waals surface area contributed by atoms with Gasteiger partial charge in [-0.25, -0.2) is 13.4 Å². The van der Waals surface area contributed by atoms with E-state index >= 15 is 0 Å². The van der Waals surface area contributed by atoms with E-state index < -0.39 is 10.0 Å². The molecule has 1 aliphatic rings. The molecule has 38 heavy (non-hydrogen) atoms. The van der Waals surface area contributed by atoms with Gasteiger partial charge in [-0.2, -0.15) is 4.31 Å². The van der Waals surface area contributed by atoms with E-state index in [1.807, 2.05) is 45.0 Å². The molecule has 2 aromatic heterocycles. The number of carbonyl (C=O) groups is 1. The molecule has 1 amide bonds. The lowest BCUT2D eigenvalue weighted by molar-refractivity contribution is -0.0440. The average molecular weight is 551 g/mol. The van der Waals surface area contributed by atoms with Crippen molar-refractivity contribution in [2.75, 3.05) is 18.0 Å². The monoisotopic (exact) mass is 550 g/mol. The fraction of sp³-hybridized carbons (Fsp3) is 0.321. The number of nitrogens with zero attached hydrogens (tertiary/aromatic N) is 4. The maximum absolute atomic E-state index is 13.8. The van der Waals surface area contributed by atoms with Gasteiger partial charge in [-0.05, 0) is 87.4 Å². The molecule has 0 spiro atoms. The molecule has 4 aromatic rings. The summed E-state index contributed by atoms with van der Waals surface area (Å²) in [7, 11) is -3.71. The first-order valence-corrected chi connectivity index (χ1v) is 14.7. The number of benzene rings is 2. The van der Waals surface area contributed by atoms with Crippen LogP contribution >= 0.6 is 11.3 Å². The van der Waals surface area contributed by atoms with Gasteiger partial charge in [0.2, 0.25) is 10.0 Å². The fourth-order valence-electron chi connectivity index (χ4n) is 4.56. The van der Waals surface area contributed by atoms with Crippen molar-refractivity contribution in [3.63, 3.8) is 0 Å². The van der Waals surface area contributed by atoms with Crippen LogP contribution in [0.1, 0.15) is 41.0 Å². The molecule has 10 heteroatoms. The summed E-state index contributed by atoms with van der Waals surface area (Å²) >= 11 is 1.45. The van der Waals surface area contributed by atoms with Crippen LogP contribution in [0, 0.1) is 13.8 Å². The summed E-state index contributed by atoms with van der Waals surface area (Å²) in [6.45, 7) is 8.64. The molecule has 1 fully saturated rings. The van der Waals surface area contributed by atoms with E-state index in [9.17, 15) is 13.2 Å². The number of morpholine rings is 1. The highest BCUT2D eigenvalue weighted by atomic mass is 32.2. The van der Waals surface area contributed by atoms with Gasteiger partial charge in [-0.1, -0.05) is 17.4 Å². The number of amides is 1. The third-order valence-electron chi connectivity index (χ3n) is 6.64. The Morgan fingerprint density at radius 1 is 1.05 bits per heavy atom. The van der Waals surface area contributed by atoms with Gasteiger partial charge < -0.3 is 4.74 Å². The molecule has 0 N–H and O–H groups in total. The Balaban J connectivity index is 1.46. The second kappa shape index (κ2) is 10.5. The Hall–Kier alpha value is -3.18. The molecule has 2 atom stereocenters. The number of ether oxygens (including phenoxy) is 1. The third-order valence-corrected chi connectivity index (χ3v) is 9.53. The summed E-state index contributed by atoms with van der Waals surface area (Å²) < 4.78 is 34.7. The maximum Gasteiger partial charge on any atom is 0.260 e. The van der Waals surface area contributed by atoms with Crippen molar-refractivity contribution in [1.29, 1.82) is 0 Å². The molecular weight excluding hydrogens is 520 g/mol. The van der Waals surface area contributed by atoms with Gasteiger partial charge in [0.1, 0.15) is 0 Å². The molecule has 0 bridgehead atoms. The Labute approximate surface area is 227 Å². The zero-order chi connectivity index (χ0) is 27.0. The summed E-state index contributed by atoms with van der Waals surface area (Å²) in [5, 5.41) is 0.564. The highest BCUT2D eigenvalue weighted by Gasteiger charge is 2.32. The van der Waals surface area contributed by atoms with Gasteiger partial charge in [0.15, 0.2) is 5.13 Å². The second-order valence-electron chi connectivity index (χ2n) is 9.72. The lowest BCUT2D eigenvalue weighted by atomic mass is 10.1. The lowest BCUT2D eigenvalue weighted by Gasteiger charge is -2.34. The normalized spacial score (nSPS) is 18.5. The number of hydrogen-bond donors (Lipinski definition) is 0. The van der Waals surface area contributed by atoms with Crippen molar-refractivity contribution in [1.82, 2.24) is 14.3 Å². The first-order valence-electron chi connectivity index (χ1n) is 12.5. The standard InChI is InChI=1S/C28H30N4O4S2/c1-18-13-25-26(14-19(18)2)37-28(30-25)32(17-23-7-5-6-12-29-23)27(33)22-8-10-24(11-9-22)38(34,35)31-15-20(3)36-21(4)16-31/h5-14,20-21H,15-17H2,1-4H3. The van der Waals surface area contributed by atoms with E-state index in [0.717, 1.165) is 27.0 Å². The highest BCUT2D eigenvalue weighted by Crippen LogP contribution is 2.32. The first kappa shape index (κ1) is 26.4. The molecule has 5 rings (SSSR count). The fourth-order valence-corrected chi connectivity index (χ4v) is 7.20. The maximum atomic E-state index is 13.8. The van der Waals surface area contributed by atoms with Crippen molar-refractivity contribution in [2.45, 2.75) is 51.3 Å². The topological polar surface area (TPSA) is 92.7 Å². The van der Waals surface area contributed by atoms with E-state index in [0.29, 0.717) is 23.8 Å². The zero-order valence-corrected chi connectivity index (χ0v) is 23.4. The molecule has 8 nitrogen and oxygen atoms in total. The predicted octanol–water partition coefficient (Wildman–Crippen LogP) is 4.95. The minimum Gasteiger partial charge on any atom is -0.373 e. The molecule has 1 saturated heterocycles. The van der Waals surface area contributed by atoms with Crippen molar-refractivity contribution < 1.29 is 17.9 Å². The molecule has 3 heterocycles. The van der Waals surface area contributed by atoms with Gasteiger partial charge in [0, 0.05) is 24.8 Å². The van der Waals surface area contributed by atoms with E-state index in [1.165, 1.54) is 27.8 Å². The van der Waals surface area contributed by atoms with Crippen molar-refractivity contribution in [2.24, 2.45) is 0 Å². The number of pyridine rings is 1. The molecule has 0 radical (unpaired) electrons. The predicted molar refractivity (Wildman–Crippen MR) is 149 cm³/mol. The Bertz CT molecular complexity index is 1520. The number of sulfonamides is 1. The number of fused-ring (bicyclic) bond motifs is 1. The van der Waals surface area contributed by atoms with Gasteiger partial charge in [-0.3, -0.25) is 14.7 Å². The first-order chi connectivity index (χ1) is 18.1. The summed E-state index contributed by atoms with van der Waals surface area (Å²) in [5.74, 6) is -0.277. The zero-order valence-electron chi connectivity index (χ0n) is 21.8. The highest BCUT2D eigenvalue weighted by molar-refractivity contribution is 7.89. The smallest absolute Gasteiger partial charge is 0.260 e. The quantitative estimate of drug-likeness (QED) is 0.337. The van der Waals surface area contributed by atoms with Crippen LogP contribution in [0.5, 0.6) is 0 Å². The van der Waals surface area contributed by atoms with E-state index in [4.69, 9.17) is 9.72 Å². The summed E-state index contributed by atoms with van der Waals surface area (Å²) in [6, 6.07) is 15.8. The number of carbonyl (C=O) groups excluding carboxylic acids is 1. The lowest BCUT2D eigenvalue weighted by Crippen LogP contribution is -2.48. The Morgan fingerprint density at radius 3 is 2.39 bits per heavy atom. The Morgan fingerprint density at radius 2 is 1.74 bits per heavy atom. The number of thiazole rings is 1. The minimum absolute atomic E-state index is 0.151. The molecule has 198 valence electrons. The Kier molecular flexibility index (Phi) is 7.32. The SMILES string of the molecule is Cc1cc2nc(N(Cc3ccccn3)C(=O)c3ccc(S(=O)(=O)N4CC(C)OC(C)C4)cc3)sc2cc1C. The van der Waals surface area contributed by atoms with Crippen LogP contribution in [-0.4, -0.2) is 53.9 Å². The van der Waals surface area contributed by atoms with Crippen molar-refractivity contribution in [3.8, 4) is 0 Å². The van der Waals surface area contributed by atoms with E-state index in [-0.39, 0.29) is 29.6 Å². The molecule has 0 aliphatic carbocycles. The molecular formula is C28H30N4O4S2. The molecule has 2 aromatic carbocycles. The van der Waals surface area contributed by atoms with Crippen LogP contribution in [0.2, 0.25) is 0 Å². The van der Waals surface area contributed by atoms with Crippen LogP contribution in [0.25, 0.3) is 10.2 Å². The van der Waals surface area contributed by atoms with Gasteiger partial charge >= 0.3 is 0 Å². The number of aromatic nitrogens is 2. The van der Waals surface area contributed by atoms with Crippen LogP contribution < -0.4 is 4.90 Å². The van der Waals surface area contributed by atoms with E-state index in [1.54, 1.807) is 23.2 Å². The van der Waals surface area contributed by atoms with Crippen LogP contribution in [0.4, 0.5) is 5.13 Å². The number of anilines is 1. The van der Waals surface area contributed by atoms with Gasteiger partial charge in [0.25, 0.3) is 5.91 Å². The van der Waals surface area contributed by atoms with Crippen LogP contribution in [0.15, 0.2) is 65.7 Å². The largest absolute Gasteiger partial charge is 0.373 e.